The van der Waals surface area contributed by atoms with Gasteiger partial charge in [-0.2, -0.15) is 0 Å². The van der Waals surface area contributed by atoms with Crippen molar-refractivity contribution < 1.29 is 23.9 Å². The number of ether oxygens (including phenoxy) is 1. The maximum Gasteiger partial charge on any atom is 0.408 e. The summed E-state index contributed by atoms with van der Waals surface area (Å²) >= 11 is 0. The number of nitrogens with two attached hydrogens (primary N) is 1. The molecule has 0 aliphatic rings. The zero-order valence-electron chi connectivity index (χ0n) is 24.2. The van der Waals surface area contributed by atoms with Crippen molar-refractivity contribution in [1.29, 1.82) is 0 Å². The molecule has 0 heterocycles. The van der Waals surface area contributed by atoms with Gasteiger partial charge in [0.05, 0.1) is 0 Å². The molecule has 1 rings (SSSR count). The van der Waals surface area contributed by atoms with Crippen molar-refractivity contribution in [3.05, 3.63) is 35.4 Å². The Bertz CT molecular complexity index is 976. The van der Waals surface area contributed by atoms with Gasteiger partial charge in [0, 0.05) is 17.5 Å². The average molecular weight is 519 g/mol. The molecule has 9 nitrogen and oxygen atoms in total. The van der Waals surface area contributed by atoms with E-state index in [2.05, 4.69) is 10.6 Å². The van der Waals surface area contributed by atoms with Crippen molar-refractivity contribution in [2.45, 2.75) is 117 Å². The van der Waals surface area contributed by atoms with Gasteiger partial charge in [-0.25, -0.2) is 4.79 Å². The molecular weight excluding hydrogens is 472 g/mol. The zero-order chi connectivity index (χ0) is 28.8. The molecule has 1 aromatic rings. The van der Waals surface area contributed by atoms with E-state index in [-0.39, 0.29) is 18.7 Å². The molecule has 4 amide bonds. The number of alkyl carbamates (subject to hydrolysis) is 1. The van der Waals surface area contributed by atoms with Crippen LogP contribution in [-0.4, -0.2) is 51.4 Å². The van der Waals surface area contributed by atoms with E-state index in [1.165, 1.54) is 4.90 Å². The lowest BCUT2D eigenvalue weighted by Crippen LogP contribution is -2.60. The second kappa shape index (κ2) is 12.4. The molecule has 0 spiro atoms. The summed E-state index contributed by atoms with van der Waals surface area (Å²) in [7, 11) is 0. The number of rotatable bonds is 10. The molecule has 0 radical (unpaired) electrons. The van der Waals surface area contributed by atoms with E-state index in [0.29, 0.717) is 12.0 Å². The van der Waals surface area contributed by atoms with Crippen LogP contribution in [0.4, 0.5) is 4.79 Å². The number of aryl methyl sites for hydroxylation is 1. The van der Waals surface area contributed by atoms with Gasteiger partial charge in [0.15, 0.2) is 0 Å². The van der Waals surface area contributed by atoms with Crippen molar-refractivity contribution in [2.75, 3.05) is 0 Å². The van der Waals surface area contributed by atoms with Crippen molar-refractivity contribution >= 4 is 23.8 Å². The molecule has 0 aromatic heterocycles. The predicted molar refractivity (Wildman–Crippen MR) is 145 cm³/mol. The molecule has 9 heteroatoms. The predicted octanol–water partition coefficient (Wildman–Crippen LogP) is 4.13. The highest BCUT2D eigenvalue weighted by Gasteiger charge is 2.43. The molecule has 1 aromatic carbocycles. The Morgan fingerprint density at radius 2 is 1.62 bits per heavy atom. The molecule has 0 saturated carbocycles. The molecule has 208 valence electrons. The van der Waals surface area contributed by atoms with Crippen LogP contribution in [0, 0.1) is 6.92 Å². The van der Waals surface area contributed by atoms with Crippen molar-refractivity contribution in [3.63, 3.8) is 0 Å². The van der Waals surface area contributed by atoms with Gasteiger partial charge in [0.25, 0.3) is 0 Å². The molecule has 0 aliphatic carbocycles. The van der Waals surface area contributed by atoms with E-state index in [4.69, 9.17) is 10.5 Å². The van der Waals surface area contributed by atoms with Gasteiger partial charge in [-0.3, -0.25) is 14.4 Å². The first kappa shape index (κ1) is 31.9. The number of benzene rings is 1. The molecule has 4 N–H and O–H groups in total. The van der Waals surface area contributed by atoms with Crippen molar-refractivity contribution in [2.24, 2.45) is 5.73 Å². The maximum atomic E-state index is 14.3. The zero-order valence-corrected chi connectivity index (χ0v) is 24.2. The van der Waals surface area contributed by atoms with Gasteiger partial charge in [-0.05, 0) is 80.7 Å². The normalized spacial score (nSPS) is 13.8. The van der Waals surface area contributed by atoms with Crippen LogP contribution in [0.25, 0.3) is 0 Å². The summed E-state index contributed by atoms with van der Waals surface area (Å²) < 4.78 is 5.37. The van der Waals surface area contributed by atoms with Gasteiger partial charge in [0.2, 0.25) is 17.7 Å². The molecular formula is C28H46N4O5. The van der Waals surface area contributed by atoms with Crippen LogP contribution in [0.5, 0.6) is 0 Å². The molecule has 0 aliphatic heterocycles. The van der Waals surface area contributed by atoms with E-state index in [1.807, 2.05) is 72.7 Å². The number of nitrogens with one attached hydrogen (secondary N) is 2. The Hall–Kier alpha value is -3.10. The van der Waals surface area contributed by atoms with Crippen LogP contribution < -0.4 is 16.4 Å². The van der Waals surface area contributed by atoms with E-state index in [1.54, 1.807) is 20.8 Å². The summed E-state index contributed by atoms with van der Waals surface area (Å²) in [5, 5.41) is 5.63. The Balaban J connectivity index is 3.69. The standard InChI is InChI=1S/C28H46N4O5/c1-11-28(9,10)32(22(23(34)31-26(3,4)5)19-14-12-13-18(2)17-19)24(35)20(15-16-21(29)33)30-25(36)37-27(6,7)8/h12-14,17,20,22H,11,15-16H2,1-10H3,(H2,29,33)(H,30,36)(H,31,34). The first-order chi connectivity index (χ1) is 16.8. The van der Waals surface area contributed by atoms with Crippen molar-refractivity contribution in [1.82, 2.24) is 15.5 Å². The lowest BCUT2D eigenvalue weighted by Gasteiger charge is -2.45. The number of carbonyl (C=O) groups excluding carboxylic acids is 4. The SMILES string of the molecule is CCC(C)(C)N(C(=O)C(CCC(N)=O)NC(=O)OC(C)(C)C)C(C(=O)NC(C)(C)C)c1cccc(C)c1. The summed E-state index contributed by atoms with van der Waals surface area (Å²) in [4.78, 5) is 53.8. The second-order valence-electron chi connectivity index (χ2n) is 12.1. The summed E-state index contributed by atoms with van der Waals surface area (Å²) in [5.41, 5.74) is 4.82. The highest BCUT2D eigenvalue weighted by Crippen LogP contribution is 2.33. The summed E-state index contributed by atoms with van der Waals surface area (Å²) in [6.07, 6.45) is -0.435. The smallest absolute Gasteiger partial charge is 0.408 e. The minimum absolute atomic E-state index is 0.0366. The first-order valence-corrected chi connectivity index (χ1v) is 12.8. The van der Waals surface area contributed by atoms with E-state index >= 15 is 0 Å². The largest absolute Gasteiger partial charge is 0.444 e. The van der Waals surface area contributed by atoms with Crippen LogP contribution in [-0.2, 0) is 19.1 Å². The van der Waals surface area contributed by atoms with E-state index in [9.17, 15) is 19.2 Å². The van der Waals surface area contributed by atoms with Crippen LogP contribution in [0.3, 0.4) is 0 Å². The number of nitrogens with zero attached hydrogens (tertiary/aromatic N) is 1. The molecule has 2 unspecified atom stereocenters. The summed E-state index contributed by atoms with van der Waals surface area (Å²) in [5.74, 6) is -1.46. The Labute approximate surface area is 221 Å². The van der Waals surface area contributed by atoms with Gasteiger partial charge in [0.1, 0.15) is 17.7 Å². The third-order valence-corrected chi connectivity index (χ3v) is 5.79. The Morgan fingerprint density at radius 1 is 1.03 bits per heavy atom. The fourth-order valence-electron chi connectivity index (χ4n) is 3.80. The lowest BCUT2D eigenvalue weighted by atomic mass is 9.90. The highest BCUT2D eigenvalue weighted by atomic mass is 16.6. The van der Waals surface area contributed by atoms with Crippen LogP contribution in [0.1, 0.15) is 98.7 Å². The van der Waals surface area contributed by atoms with E-state index < -0.39 is 46.7 Å². The average Bonchev–Trinajstić information content (AvgIpc) is 2.71. The third-order valence-electron chi connectivity index (χ3n) is 5.79. The van der Waals surface area contributed by atoms with Gasteiger partial charge < -0.3 is 26.0 Å². The van der Waals surface area contributed by atoms with Gasteiger partial charge in [-0.1, -0.05) is 36.8 Å². The molecule has 0 fully saturated rings. The monoisotopic (exact) mass is 518 g/mol. The quantitative estimate of drug-likeness (QED) is 0.429. The summed E-state index contributed by atoms with van der Waals surface area (Å²) in [6.45, 7) is 18.3. The first-order valence-electron chi connectivity index (χ1n) is 12.8. The Kier molecular flexibility index (Phi) is 10.7. The Morgan fingerprint density at radius 3 is 2.08 bits per heavy atom. The molecule has 37 heavy (non-hydrogen) atoms. The number of hydrogen-bond acceptors (Lipinski definition) is 5. The van der Waals surface area contributed by atoms with Crippen LogP contribution in [0.2, 0.25) is 0 Å². The number of amides is 4. The van der Waals surface area contributed by atoms with Crippen molar-refractivity contribution in [3.8, 4) is 0 Å². The van der Waals surface area contributed by atoms with Gasteiger partial charge >= 0.3 is 6.09 Å². The number of carbonyl (C=O) groups is 4. The lowest BCUT2D eigenvalue weighted by molar-refractivity contribution is -0.150. The van der Waals surface area contributed by atoms with Crippen LogP contribution in [0.15, 0.2) is 24.3 Å². The molecule has 2 atom stereocenters. The van der Waals surface area contributed by atoms with Crippen LogP contribution >= 0.6 is 0 Å². The summed E-state index contributed by atoms with van der Waals surface area (Å²) in [6, 6.07) is 5.32. The highest BCUT2D eigenvalue weighted by molar-refractivity contribution is 5.93. The minimum atomic E-state index is -1.14. The van der Waals surface area contributed by atoms with E-state index in [0.717, 1.165) is 5.56 Å². The molecule has 0 bridgehead atoms. The number of hydrogen-bond donors (Lipinski definition) is 3. The fourth-order valence-corrected chi connectivity index (χ4v) is 3.80. The minimum Gasteiger partial charge on any atom is -0.444 e. The fraction of sp³-hybridized carbons (Fsp3) is 0.643. The van der Waals surface area contributed by atoms with Gasteiger partial charge in [-0.15, -0.1) is 0 Å². The molecule has 0 saturated heterocycles. The number of primary amides is 1. The maximum absolute atomic E-state index is 14.3. The third kappa shape index (κ3) is 10.4. The second-order valence-corrected chi connectivity index (χ2v) is 12.1. The topological polar surface area (TPSA) is 131 Å².